The monoisotopic (exact) mass is 310 g/mol. The lowest BCUT2D eigenvalue weighted by Crippen LogP contribution is -2.13. The van der Waals surface area contributed by atoms with Crippen LogP contribution in [0.4, 0.5) is 0 Å². The van der Waals surface area contributed by atoms with Crippen molar-refractivity contribution in [2.45, 2.75) is 19.8 Å². The average molecular weight is 310 g/mol. The van der Waals surface area contributed by atoms with Crippen LogP contribution >= 0.6 is 0 Å². The average Bonchev–Trinajstić information content (AvgIpc) is 2.59. The Morgan fingerprint density at radius 1 is 1.00 bits per heavy atom. The van der Waals surface area contributed by atoms with E-state index in [0.717, 1.165) is 11.3 Å². The summed E-state index contributed by atoms with van der Waals surface area (Å²) in [4.78, 5) is 12.0. The van der Waals surface area contributed by atoms with E-state index in [9.17, 15) is 4.79 Å². The molecule has 0 aliphatic heterocycles. The minimum absolute atomic E-state index is 0.191. The molecule has 0 spiro atoms. The molecule has 0 unspecified atom stereocenters. The van der Waals surface area contributed by atoms with E-state index >= 15 is 0 Å². The third-order valence-electron chi connectivity index (χ3n) is 3.50. The zero-order chi connectivity index (χ0) is 16.7. The lowest BCUT2D eigenvalue weighted by molar-refractivity contribution is -0.137. The zero-order valence-electron chi connectivity index (χ0n) is 13.6. The maximum Gasteiger partial charge on any atom is 0.338 e. The van der Waals surface area contributed by atoms with E-state index in [1.165, 1.54) is 5.56 Å². The lowest BCUT2D eigenvalue weighted by Gasteiger charge is -2.10. The minimum atomic E-state index is -0.418. The third kappa shape index (κ3) is 4.99. The summed E-state index contributed by atoms with van der Waals surface area (Å²) in [5.74, 6) is 0.796. The molecule has 2 aromatic rings. The molecule has 0 saturated carbocycles. The molecule has 0 atom stereocenters. The Kier molecular flexibility index (Phi) is 5.98. The Hall–Kier alpha value is -2.55. The van der Waals surface area contributed by atoms with Gasteiger partial charge in [-0.2, -0.15) is 0 Å². The van der Waals surface area contributed by atoms with Crippen LogP contribution in [0.3, 0.4) is 0 Å². The summed E-state index contributed by atoms with van der Waals surface area (Å²) in [6.07, 6.45) is 0. The van der Waals surface area contributed by atoms with Crippen LogP contribution in [0, 0.1) is 0 Å². The van der Waals surface area contributed by atoms with Gasteiger partial charge in [0, 0.05) is 0 Å². The van der Waals surface area contributed by atoms with Crippen molar-refractivity contribution in [1.29, 1.82) is 0 Å². The van der Waals surface area contributed by atoms with Crippen molar-refractivity contribution in [3.63, 3.8) is 0 Å². The summed E-state index contributed by atoms with van der Waals surface area (Å²) in [6, 6.07) is 17.2. The largest absolute Gasteiger partial charge is 0.490 e. The fourth-order valence-electron chi connectivity index (χ4n) is 2.08. The Morgan fingerprint density at radius 3 is 2.26 bits per heavy atom. The van der Waals surface area contributed by atoms with Crippen LogP contribution < -0.4 is 4.74 Å². The highest BCUT2D eigenvalue weighted by molar-refractivity contribution is 6.15. The smallest absolute Gasteiger partial charge is 0.338 e. The predicted molar refractivity (Wildman–Crippen MR) is 92.5 cm³/mol. The number of carbonyl (C=O) groups is 1. The maximum atomic E-state index is 12.0. The van der Waals surface area contributed by atoms with Gasteiger partial charge < -0.3 is 9.47 Å². The fourth-order valence-corrected chi connectivity index (χ4v) is 2.08. The topological polar surface area (TPSA) is 35.5 Å². The molecule has 23 heavy (non-hydrogen) atoms. The second kappa shape index (κ2) is 8.18. The quantitative estimate of drug-likeness (QED) is 0.431. The van der Waals surface area contributed by atoms with Gasteiger partial charge >= 0.3 is 5.97 Å². The second-order valence-electron chi connectivity index (χ2n) is 5.55. The Balaban J connectivity index is 1.79. The van der Waals surface area contributed by atoms with Gasteiger partial charge in [0.15, 0.2) is 0 Å². The van der Waals surface area contributed by atoms with E-state index in [0.29, 0.717) is 18.1 Å². The van der Waals surface area contributed by atoms with Gasteiger partial charge in [0.05, 0.1) is 5.57 Å². The zero-order valence-corrected chi connectivity index (χ0v) is 13.6. The molecule has 0 bridgehead atoms. The summed E-state index contributed by atoms with van der Waals surface area (Å²) in [5.41, 5.74) is 2.37. The van der Waals surface area contributed by atoms with Gasteiger partial charge in [0.1, 0.15) is 19.0 Å². The summed E-state index contributed by atoms with van der Waals surface area (Å²) < 4.78 is 10.7. The van der Waals surface area contributed by atoms with Crippen LogP contribution in [-0.2, 0) is 9.53 Å². The van der Waals surface area contributed by atoms with Crippen molar-refractivity contribution in [3.05, 3.63) is 72.3 Å². The van der Waals surface area contributed by atoms with Gasteiger partial charge in [-0.3, -0.25) is 0 Å². The molecule has 0 heterocycles. The normalized spacial score (nSPS) is 10.4. The van der Waals surface area contributed by atoms with Crippen molar-refractivity contribution in [2.75, 3.05) is 13.2 Å². The Labute approximate surface area is 137 Å². The number of hydrogen-bond donors (Lipinski definition) is 0. The first-order chi connectivity index (χ1) is 11.1. The summed E-state index contributed by atoms with van der Waals surface area (Å²) in [6.45, 7) is 8.59. The minimum Gasteiger partial charge on any atom is -0.490 e. The molecule has 0 aromatic heterocycles. The number of para-hydroxylation sites is 1. The van der Waals surface area contributed by atoms with Crippen molar-refractivity contribution >= 4 is 11.5 Å². The second-order valence-corrected chi connectivity index (χ2v) is 5.55. The third-order valence-corrected chi connectivity index (χ3v) is 3.50. The number of benzene rings is 2. The Morgan fingerprint density at radius 2 is 1.65 bits per heavy atom. The van der Waals surface area contributed by atoms with E-state index in [4.69, 9.17) is 9.47 Å². The number of ether oxygens (including phenoxy) is 2. The molecule has 2 rings (SSSR count). The van der Waals surface area contributed by atoms with Crippen molar-refractivity contribution in [1.82, 2.24) is 0 Å². The highest BCUT2D eigenvalue weighted by atomic mass is 16.6. The molecule has 0 radical (unpaired) electrons. The van der Waals surface area contributed by atoms with Gasteiger partial charge in [0.25, 0.3) is 0 Å². The van der Waals surface area contributed by atoms with Gasteiger partial charge in [0.2, 0.25) is 0 Å². The SMILES string of the molecule is C=C(C(=O)OCCOc1ccccc1)c1ccc(C(C)C)cc1. The molecular formula is C20H22O3. The highest BCUT2D eigenvalue weighted by Crippen LogP contribution is 2.19. The predicted octanol–water partition coefficient (Wildman–Crippen LogP) is 4.45. The number of esters is 1. The molecule has 0 amide bonds. The summed E-state index contributed by atoms with van der Waals surface area (Å²) in [7, 11) is 0. The van der Waals surface area contributed by atoms with E-state index in [-0.39, 0.29) is 6.61 Å². The van der Waals surface area contributed by atoms with Crippen LogP contribution in [0.25, 0.3) is 5.57 Å². The summed E-state index contributed by atoms with van der Waals surface area (Å²) in [5, 5.41) is 0. The first kappa shape index (κ1) is 16.8. The van der Waals surface area contributed by atoms with Crippen LogP contribution in [-0.4, -0.2) is 19.2 Å². The Bertz CT molecular complexity index is 642. The van der Waals surface area contributed by atoms with Crippen LogP contribution in [0.5, 0.6) is 5.75 Å². The summed E-state index contributed by atoms with van der Waals surface area (Å²) >= 11 is 0. The first-order valence-corrected chi connectivity index (χ1v) is 7.72. The number of rotatable bonds is 7. The van der Waals surface area contributed by atoms with E-state index < -0.39 is 5.97 Å². The van der Waals surface area contributed by atoms with Crippen molar-refractivity contribution in [3.8, 4) is 5.75 Å². The van der Waals surface area contributed by atoms with Gasteiger partial charge in [-0.05, 0) is 29.2 Å². The fraction of sp³-hybridized carbons (Fsp3) is 0.250. The molecular weight excluding hydrogens is 288 g/mol. The van der Waals surface area contributed by atoms with Crippen LogP contribution in [0.1, 0.15) is 30.9 Å². The molecule has 3 nitrogen and oxygen atoms in total. The van der Waals surface area contributed by atoms with Crippen molar-refractivity contribution in [2.24, 2.45) is 0 Å². The standard InChI is InChI=1S/C20H22O3/c1-15(2)17-9-11-18(12-10-17)16(3)20(21)23-14-13-22-19-7-5-4-6-8-19/h4-12,15H,3,13-14H2,1-2H3. The van der Waals surface area contributed by atoms with Crippen molar-refractivity contribution < 1.29 is 14.3 Å². The van der Waals surface area contributed by atoms with Gasteiger partial charge in [-0.1, -0.05) is 62.9 Å². The number of carbonyl (C=O) groups excluding carboxylic acids is 1. The lowest BCUT2D eigenvalue weighted by atomic mass is 9.99. The highest BCUT2D eigenvalue weighted by Gasteiger charge is 2.11. The molecule has 0 saturated heterocycles. The molecule has 3 heteroatoms. The molecule has 0 aliphatic rings. The molecule has 0 N–H and O–H groups in total. The van der Waals surface area contributed by atoms with E-state index in [2.05, 4.69) is 20.4 Å². The maximum absolute atomic E-state index is 12.0. The molecule has 120 valence electrons. The van der Waals surface area contributed by atoms with Crippen LogP contribution in [0.15, 0.2) is 61.2 Å². The van der Waals surface area contributed by atoms with E-state index in [1.807, 2.05) is 54.6 Å². The first-order valence-electron chi connectivity index (χ1n) is 7.72. The molecule has 0 fully saturated rings. The van der Waals surface area contributed by atoms with Gasteiger partial charge in [-0.15, -0.1) is 0 Å². The number of hydrogen-bond acceptors (Lipinski definition) is 3. The van der Waals surface area contributed by atoms with E-state index in [1.54, 1.807) is 0 Å². The van der Waals surface area contributed by atoms with Gasteiger partial charge in [-0.25, -0.2) is 4.79 Å². The molecule has 0 aliphatic carbocycles. The molecule has 2 aromatic carbocycles. The van der Waals surface area contributed by atoms with Crippen LogP contribution in [0.2, 0.25) is 0 Å².